The zero-order chi connectivity index (χ0) is 32.3. The predicted octanol–water partition coefficient (Wildman–Crippen LogP) is 14.4. The SMILES string of the molecule is c1ccc(-c2ccc(N(c3ccc(-c4cccc5cc6c(cc45)sc4ccccc46)cc3)c3cccc4c3sc3ccccc34)cc2)cc1. The highest BCUT2D eigenvalue weighted by Gasteiger charge is 2.19. The molecule has 49 heavy (non-hydrogen) atoms. The van der Waals surface area contributed by atoms with Gasteiger partial charge in [0.2, 0.25) is 0 Å². The van der Waals surface area contributed by atoms with Crippen LogP contribution in [-0.4, -0.2) is 0 Å². The van der Waals surface area contributed by atoms with Gasteiger partial charge in [-0.15, -0.1) is 22.7 Å². The standard InChI is InChI=1S/C46H29NS2/c1-2-10-30(11-3-1)31-20-24-34(25-21-31)47(42-17-9-16-39-37-13-4-7-19-44(37)49-46(39)42)35-26-22-32(23-27-35)36-15-8-12-33-28-41-38-14-5-6-18-43(38)48-45(41)29-40(33)36/h1-29H. The van der Waals surface area contributed by atoms with Crippen molar-refractivity contribution in [3.8, 4) is 22.3 Å². The second-order valence-electron chi connectivity index (χ2n) is 12.5. The zero-order valence-electron chi connectivity index (χ0n) is 26.5. The molecule has 230 valence electrons. The highest BCUT2D eigenvalue weighted by atomic mass is 32.1. The van der Waals surface area contributed by atoms with E-state index in [0.717, 1.165) is 11.4 Å². The average molecular weight is 660 g/mol. The Hall–Kier alpha value is -5.74. The van der Waals surface area contributed by atoms with Crippen LogP contribution < -0.4 is 4.90 Å². The Balaban J connectivity index is 1.11. The molecule has 0 unspecified atom stereocenters. The summed E-state index contributed by atoms with van der Waals surface area (Å²) in [7, 11) is 0. The lowest BCUT2D eigenvalue weighted by molar-refractivity contribution is 1.30. The summed E-state index contributed by atoms with van der Waals surface area (Å²) in [4.78, 5) is 2.42. The number of rotatable bonds is 5. The quantitative estimate of drug-likeness (QED) is 0.178. The fraction of sp³-hybridized carbons (Fsp3) is 0. The molecule has 0 radical (unpaired) electrons. The van der Waals surface area contributed by atoms with Gasteiger partial charge in [-0.05, 0) is 87.6 Å². The Morgan fingerprint density at radius 3 is 1.69 bits per heavy atom. The number of anilines is 3. The van der Waals surface area contributed by atoms with Crippen LogP contribution in [-0.2, 0) is 0 Å². The Kier molecular flexibility index (Phi) is 6.61. The van der Waals surface area contributed by atoms with E-state index in [0.29, 0.717) is 0 Å². The smallest absolute Gasteiger partial charge is 0.0640 e. The van der Waals surface area contributed by atoms with E-state index in [1.807, 2.05) is 22.7 Å². The summed E-state index contributed by atoms with van der Waals surface area (Å²) in [6.07, 6.45) is 0. The third kappa shape index (κ3) is 4.74. The first kappa shape index (κ1) is 28.3. The first-order chi connectivity index (χ1) is 24.3. The van der Waals surface area contributed by atoms with Crippen molar-refractivity contribution in [1.29, 1.82) is 0 Å². The predicted molar refractivity (Wildman–Crippen MR) is 215 cm³/mol. The minimum Gasteiger partial charge on any atom is -0.309 e. The molecular weight excluding hydrogens is 631 g/mol. The molecule has 0 spiro atoms. The Labute approximate surface area is 292 Å². The molecule has 3 heteroatoms. The van der Waals surface area contributed by atoms with Crippen LogP contribution in [0.2, 0.25) is 0 Å². The number of benzene rings is 8. The molecule has 2 aromatic heterocycles. The zero-order valence-corrected chi connectivity index (χ0v) is 28.1. The van der Waals surface area contributed by atoms with E-state index >= 15 is 0 Å². The third-order valence-electron chi connectivity index (χ3n) is 9.67. The van der Waals surface area contributed by atoms with Crippen molar-refractivity contribution in [2.24, 2.45) is 0 Å². The lowest BCUT2D eigenvalue weighted by atomic mass is 9.96. The van der Waals surface area contributed by atoms with Gasteiger partial charge >= 0.3 is 0 Å². The molecule has 0 saturated heterocycles. The highest BCUT2D eigenvalue weighted by Crippen LogP contribution is 2.46. The lowest BCUT2D eigenvalue weighted by Gasteiger charge is -2.26. The molecule has 0 aliphatic rings. The summed E-state index contributed by atoms with van der Waals surface area (Å²) >= 11 is 3.75. The second kappa shape index (κ2) is 11.5. The molecule has 0 fully saturated rings. The van der Waals surface area contributed by atoms with Crippen molar-refractivity contribution < 1.29 is 0 Å². The van der Waals surface area contributed by atoms with Gasteiger partial charge in [-0.2, -0.15) is 0 Å². The van der Waals surface area contributed by atoms with E-state index in [1.165, 1.54) is 79.1 Å². The molecular formula is C46H29NS2. The van der Waals surface area contributed by atoms with Crippen molar-refractivity contribution in [2.45, 2.75) is 0 Å². The van der Waals surface area contributed by atoms with Crippen LogP contribution in [0.1, 0.15) is 0 Å². The molecule has 0 amide bonds. The normalized spacial score (nSPS) is 11.7. The average Bonchev–Trinajstić information content (AvgIpc) is 3.73. The molecule has 0 saturated carbocycles. The fourth-order valence-corrected chi connectivity index (χ4v) is 9.64. The summed E-state index contributed by atoms with van der Waals surface area (Å²) in [5.74, 6) is 0. The molecule has 0 N–H and O–H groups in total. The van der Waals surface area contributed by atoms with Gasteiger partial charge in [0, 0.05) is 47.0 Å². The third-order valence-corrected chi connectivity index (χ3v) is 12.0. The van der Waals surface area contributed by atoms with Crippen LogP contribution in [0.5, 0.6) is 0 Å². The van der Waals surface area contributed by atoms with Gasteiger partial charge in [0.1, 0.15) is 0 Å². The Morgan fingerprint density at radius 2 is 0.939 bits per heavy atom. The number of hydrogen-bond donors (Lipinski definition) is 0. The molecule has 0 aliphatic heterocycles. The largest absolute Gasteiger partial charge is 0.309 e. The molecule has 0 atom stereocenters. The topological polar surface area (TPSA) is 3.24 Å². The maximum atomic E-state index is 2.42. The molecule has 10 rings (SSSR count). The van der Waals surface area contributed by atoms with E-state index in [2.05, 4.69) is 181 Å². The second-order valence-corrected chi connectivity index (χ2v) is 14.7. The van der Waals surface area contributed by atoms with Crippen molar-refractivity contribution in [3.63, 3.8) is 0 Å². The van der Waals surface area contributed by atoms with E-state index in [1.54, 1.807) is 0 Å². The Bertz CT molecular complexity index is 2810. The first-order valence-corrected chi connectivity index (χ1v) is 18.2. The number of nitrogens with zero attached hydrogens (tertiary/aromatic N) is 1. The first-order valence-electron chi connectivity index (χ1n) is 16.6. The van der Waals surface area contributed by atoms with Crippen molar-refractivity contribution in [3.05, 3.63) is 176 Å². The summed E-state index contributed by atoms with van der Waals surface area (Å²) in [5, 5.41) is 7.84. The summed E-state index contributed by atoms with van der Waals surface area (Å²) in [6.45, 7) is 0. The van der Waals surface area contributed by atoms with Crippen LogP contribution in [0.3, 0.4) is 0 Å². The summed E-state index contributed by atoms with van der Waals surface area (Å²) in [5.41, 5.74) is 8.37. The minimum absolute atomic E-state index is 1.13. The number of hydrogen-bond acceptors (Lipinski definition) is 3. The summed E-state index contributed by atoms with van der Waals surface area (Å²) in [6, 6.07) is 64.4. The number of thiophene rings is 2. The van der Waals surface area contributed by atoms with Gasteiger partial charge < -0.3 is 4.90 Å². The molecule has 8 aromatic carbocycles. The van der Waals surface area contributed by atoms with Crippen LogP contribution in [0, 0.1) is 0 Å². The molecule has 0 bridgehead atoms. The van der Waals surface area contributed by atoms with Crippen molar-refractivity contribution in [1.82, 2.24) is 0 Å². The van der Waals surface area contributed by atoms with Gasteiger partial charge in [-0.3, -0.25) is 0 Å². The van der Waals surface area contributed by atoms with Crippen LogP contribution in [0.15, 0.2) is 176 Å². The minimum atomic E-state index is 1.13. The van der Waals surface area contributed by atoms with Crippen molar-refractivity contribution >= 4 is 90.9 Å². The van der Waals surface area contributed by atoms with Gasteiger partial charge in [0.15, 0.2) is 0 Å². The van der Waals surface area contributed by atoms with Crippen molar-refractivity contribution in [2.75, 3.05) is 4.90 Å². The van der Waals surface area contributed by atoms with E-state index in [9.17, 15) is 0 Å². The van der Waals surface area contributed by atoms with Gasteiger partial charge in [-0.1, -0.05) is 121 Å². The Morgan fingerprint density at radius 1 is 0.347 bits per heavy atom. The highest BCUT2D eigenvalue weighted by molar-refractivity contribution is 7.26. The molecule has 0 aliphatic carbocycles. The maximum absolute atomic E-state index is 2.42. The van der Waals surface area contributed by atoms with Gasteiger partial charge in [0.25, 0.3) is 0 Å². The fourth-order valence-electron chi connectivity index (χ4n) is 7.31. The van der Waals surface area contributed by atoms with Crippen LogP contribution in [0.25, 0.3) is 73.4 Å². The van der Waals surface area contributed by atoms with E-state index < -0.39 is 0 Å². The molecule has 10 aromatic rings. The monoisotopic (exact) mass is 659 g/mol. The van der Waals surface area contributed by atoms with Gasteiger partial charge in [-0.25, -0.2) is 0 Å². The maximum Gasteiger partial charge on any atom is 0.0640 e. The van der Waals surface area contributed by atoms with Gasteiger partial charge in [0.05, 0.1) is 10.4 Å². The number of fused-ring (bicyclic) bond motifs is 7. The lowest BCUT2D eigenvalue weighted by Crippen LogP contribution is -2.10. The van der Waals surface area contributed by atoms with Crippen LogP contribution in [0.4, 0.5) is 17.1 Å². The van der Waals surface area contributed by atoms with E-state index in [-0.39, 0.29) is 0 Å². The van der Waals surface area contributed by atoms with E-state index in [4.69, 9.17) is 0 Å². The molecule has 2 heterocycles. The molecule has 1 nitrogen and oxygen atoms in total. The van der Waals surface area contributed by atoms with Crippen LogP contribution >= 0.6 is 22.7 Å². The summed E-state index contributed by atoms with van der Waals surface area (Å²) < 4.78 is 5.27.